The van der Waals surface area contributed by atoms with E-state index in [1.165, 1.54) is 12.1 Å². The van der Waals surface area contributed by atoms with E-state index in [0.717, 1.165) is 38.4 Å². The van der Waals surface area contributed by atoms with Crippen molar-refractivity contribution < 1.29 is 9.18 Å². The summed E-state index contributed by atoms with van der Waals surface area (Å²) in [5.74, 6) is -0.139. The lowest BCUT2D eigenvalue weighted by atomic mass is 10.2. The summed E-state index contributed by atoms with van der Waals surface area (Å²) in [7, 11) is 1.87. The minimum absolute atomic E-state index is 0. The lowest BCUT2D eigenvalue weighted by Crippen LogP contribution is -2.54. The summed E-state index contributed by atoms with van der Waals surface area (Å²) in [5, 5.41) is 5.94. The summed E-state index contributed by atoms with van der Waals surface area (Å²) in [6.07, 6.45) is 0. The molecule has 1 atom stereocenters. The fourth-order valence-corrected chi connectivity index (χ4v) is 2.64. The molecule has 0 aliphatic carbocycles. The van der Waals surface area contributed by atoms with Gasteiger partial charge in [-0.3, -0.25) is 9.69 Å². The van der Waals surface area contributed by atoms with Gasteiger partial charge in [0.15, 0.2) is 0 Å². The molecular formula is C16H27Cl2FN4O. The number of rotatable bonds is 6. The highest BCUT2D eigenvalue weighted by Gasteiger charge is 2.25. The van der Waals surface area contributed by atoms with Gasteiger partial charge in [0.05, 0.1) is 6.04 Å². The van der Waals surface area contributed by atoms with Gasteiger partial charge in [0.1, 0.15) is 5.82 Å². The van der Waals surface area contributed by atoms with Gasteiger partial charge in [-0.05, 0) is 38.2 Å². The predicted molar refractivity (Wildman–Crippen MR) is 101 cm³/mol. The van der Waals surface area contributed by atoms with Crippen molar-refractivity contribution in [3.05, 3.63) is 30.1 Å². The quantitative estimate of drug-likeness (QED) is 0.734. The van der Waals surface area contributed by atoms with Crippen LogP contribution >= 0.6 is 24.8 Å². The number of amides is 1. The smallest absolute Gasteiger partial charge is 0.237 e. The number of piperazine rings is 1. The topological polar surface area (TPSA) is 47.6 Å². The molecule has 2 rings (SSSR count). The number of hydrogen-bond acceptors (Lipinski definition) is 4. The number of benzene rings is 1. The van der Waals surface area contributed by atoms with Crippen LogP contribution in [0.2, 0.25) is 0 Å². The molecule has 0 aromatic heterocycles. The van der Waals surface area contributed by atoms with Crippen molar-refractivity contribution in [3.63, 3.8) is 0 Å². The van der Waals surface area contributed by atoms with Gasteiger partial charge < -0.3 is 15.5 Å². The van der Waals surface area contributed by atoms with E-state index >= 15 is 0 Å². The Morgan fingerprint density at radius 2 is 1.71 bits per heavy atom. The van der Waals surface area contributed by atoms with Gasteiger partial charge in [-0.2, -0.15) is 0 Å². The van der Waals surface area contributed by atoms with Crippen LogP contribution in [0.5, 0.6) is 0 Å². The molecule has 5 nitrogen and oxygen atoms in total. The highest BCUT2D eigenvalue weighted by atomic mass is 35.5. The molecule has 1 saturated heterocycles. The van der Waals surface area contributed by atoms with Crippen molar-refractivity contribution in [1.29, 1.82) is 0 Å². The Hall–Kier alpha value is -1.08. The predicted octanol–water partition coefficient (Wildman–Crippen LogP) is 1.52. The zero-order valence-electron chi connectivity index (χ0n) is 14.1. The molecule has 1 aliphatic rings. The molecule has 138 valence electrons. The molecule has 1 aromatic carbocycles. The van der Waals surface area contributed by atoms with Crippen LogP contribution in [0.1, 0.15) is 6.92 Å². The summed E-state index contributed by atoms with van der Waals surface area (Å²) in [6.45, 7) is 6.73. The first-order valence-corrected chi connectivity index (χ1v) is 7.78. The molecule has 1 heterocycles. The molecule has 8 heteroatoms. The van der Waals surface area contributed by atoms with Crippen LogP contribution in [0.15, 0.2) is 24.3 Å². The van der Waals surface area contributed by atoms with Crippen molar-refractivity contribution in [2.24, 2.45) is 0 Å². The standard InChI is InChI=1S/C16H25FN4O.2ClH/c1-13(16(22)19-8-7-18-2)20-9-11-21(12-10-20)15-5-3-14(17)4-6-15;;/h3-6,13,18H,7-12H2,1-2H3,(H,19,22);2*1H. The van der Waals surface area contributed by atoms with E-state index in [0.29, 0.717) is 6.54 Å². The minimum Gasteiger partial charge on any atom is -0.369 e. The van der Waals surface area contributed by atoms with Crippen LogP contribution in [0, 0.1) is 5.82 Å². The molecule has 1 aliphatic heterocycles. The second-order valence-corrected chi connectivity index (χ2v) is 5.57. The average Bonchev–Trinajstić information content (AvgIpc) is 2.55. The van der Waals surface area contributed by atoms with Gasteiger partial charge in [0.2, 0.25) is 5.91 Å². The minimum atomic E-state index is -0.214. The molecule has 24 heavy (non-hydrogen) atoms. The van der Waals surface area contributed by atoms with E-state index in [1.54, 1.807) is 12.1 Å². The van der Waals surface area contributed by atoms with Gasteiger partial charge in [-0.1, -0.05) is 0 Å². The van der Waals surface area contributed by atoms with Crippen LogP contribution in [-0.2, 0) is 4.79 Å². The molecule has 0 radical (unpaired) electrons. The lowest BCUT2D eigenvalue weighted by Gasteiger charge is -2.38. The van der Waals surface area contributed by atoms with Gasteiger partial charge in [0.25, 0.3) is 0 Å². The summed E-state index contributed by atoms with van der Waals surface area (Å²) < 4.78 is 13.0. The van der Waals surface area contributed by atoms with Gasteiger partial charge >= 0.3 is 0 Å². The van der Waals surface area contributed by atoms with Crippen LogP contribution in [0.3, 0.4) is 0 Å². The number of nitrogens with one attached hydrogen (secondary N) is 2. The Morgan fingerprint density at radius 1 is 1.12 bits per heavy atom. The van der Waals surface area contributed by atoms with Crippen molar-refractivity contribution in [2.75, 3.05) is 51.2 Å². The third-order valence-corrected chi connectivity index (χ3v) is 4.11. The van der Waals surface area contributed by atoms with E-state index in [1.807, 2.05) is 14.0 Å². The molecule has 2 N–H and O–H groups in total. The van der Waals surface area contributed by atoms with Gasteiger partial charge in [-0.15, -0.1) is 24.8 Å². The first-order chi connectivity index (χ1) is 10.6. The Morgan fingerprint density at radius 3 is 2.25 bits per heavy atom. The van der Waals surface area contributed by atoms with E-state index in [9.17, 15) is 9.18 Å². The Balaban J connectivity index is 0.00000264. The van der Waals surface area contributed by atoms with E-state index in [4.69, 9.17) is 0 Å². The number of hydrogen-bond donors (Lipinski definition) is 2. The van der Waals surface area contributed by atoms with Crippen molar-refractivity contribution >= 4 is 36.4 Å². The van der Waals surface area contributed by atoms with Crippen molar-refractivity contribution in [1.82, 2.24) is 15.5 Å². The fraction of sp³-hybridized carbons (Fsp3) is 0.562. The Labute approximate surface area is 155 Å². The maximum Gasteiger partial charge on any atom is 0.237 e. The van der Waals surface area contributed by atoms with Gasteiger partial charge in [0, 0.05) is 45.0 Å². The number of anilines is 1. The molecule has 1 amide bonds. The van der Waals surface area contributed by atoms with Crippen LogP contribution < -0.4 is 15.5 Å². The van der Waals surface area contributed by atoms with E-state index in [2.05, 4.69) is 20.4 Å². The zero-order valence-corrected chi connectivity index (χ0v) is 15.8. The van der Waals surface area contributed by atoms with E-state index in [-0.39, 0.29) is 42.6 Å². The SMILES string of the molecule is CNCCNC(=O)C(C)N1CCN(c2ccc(F)cc2)CC1.Cl.Cl. The molecule has 0 spiro atoms. The maximum absolute atomic E-state index is 13.0. The van der Waals surface area contributed by atoms with E-state index < -0.39 is 0 Å². The molecular weight excluding hydrogens is 354 g/mol. The summed E-state index contributed by atoms with van der Waals surface area (Å²) >= 11 is 0. The summed E-state index contributed by atoms with van der Waals surface area (Å²) in [5.41, 5.74) is 1.03. The second kappa shape index (κ2) is 11.5. The van der Waals surface area contributed by atoms with Crippen LogP contribution in [0.25, 0.3) is 0 Å². The normalized spacial score (nSPS) is 15.9. The molecule has 1 aromatic rings. The molecule has 0 bridgehead atoms. The molecule has 1 fully saturated rings. The summed E-state index contributed by atoms with van der Waals surface area (Å²) in [4.78, 5) is 16.5. The Bertz CT molecular complexity index is 481. The lowest BCUT2D eigenvalue weighted by molar-refractivity contribution is -0.125. The second-order valence-electron chi connectivity index (χ2n) is 5.57. The molecule has 0 saturated carbocycles. The van der Waals surface area contributed by atoms with Gasteiger partial charge in [-0.25, -0.2) is 4.39 Å². The zero-order chi connectivity index (χ0) is 15.9. The van der Waals surface area contributed by atoms with Crippen LogP contribution in [0.4, 0.5) is 10.1 Å². The average molecular weight is 381 g/mol. The number of carbonyl (C=O) groups is 1. The monoisotopic (exact) mass is 380 g/mol. The highest BCUT2D eigenvalue weighted by Crippen LogP contribution is 2.17. The number of nitrogens with zero attached hydrogens (tertiary/aromatic N) is 2. The first kappa shape index (κ1) is 22.9. The fourth-order valence-electron chi connectivity index (χ4n) is 2.64. The van der Waals surface area contributed by atoms with Crippen molar-refractivity contribution in [2.45, 2.75) is 13.0 Å². The third-order valence-electron chi connectivity index (χ3n) is 4.11. The number of likely N-dealkylation sites (N-methyl/N-ethyl adjacent to an activating group) is 1. The molecule has 1 unspecified atom stereocenters. The first-order valence-electron chi connectivity index (χ1n) is 7.78. The van der Waals surface area contributed by atoms with Crippen molar-refractivity contribution in [3.8, 4) is 0 Å². The highest BCUT2D eigenvalue weighted by molar-refractivity contribution is 5.85. The maximum atomic E-state index is 13.0. The third kappa shape index (κ3) is 6.43. The number of carbonyl (C=O) groups excluding carboxylic acids is 1. The largest absolute Gasteiger partial charge is 0.369 e. The summed E-state index contributed by atoms with van der Waals surface area (Å²) in [6, 6.07) is 6.46. The van der Waals surface area contributed by atoms with Crippen LogP contribution in [-0.4, -0.2) is 63.2 Å². The number of halogens is 3. The Kier molecular flexibility index (Phi) is 11.0.